The molecular formula is C13H22N2O4. The van der Waals surface area contributed by atoms with Crippen LogP contribution in [-0.4, -0.2) is 60.3 Å². The number of hydrogen-bond donors (Lipinski definition) is 2. The highest BCUT2D eigenvalue weighted by atomic mass is 16.5. The molecule has 19 heavy (non-hydrogen) atoms. The third-order valence-electron chi connectivity index (χ3n) is 3.84. The number of nitrogens with one attached hydrogen (secondary N) is 1. The summed E-state index contributed by atoms with van der Waals surface area (Å²) in [5.74, 6) is -1.10. The van der Waals surface area contributed by atoms with Crippen LogP contribution in [0.4, 0.5) is 0 Å². The van der Waals surface area contributed by atoms with Crippen LogP contribution in [-0.2, 0) is 14.3 Å². The molecule has 2 N–H and O–H groups in total. The predicted octanol–water partition coefficient (Wildman–Crippen LogP) is 0.221. The van der Waals surface area contributed by atoms with Gasteiger partial charge in [0.25, 0.3) is 0 Å². The molecule has 2 fully saturated rings. The maximum atomic E-state index is 12.1. The maximum absolute atomic E-state index is 12.1. The Balaban J connectivity index is 1.81. The first-order valence-corrected chi connectivity index (χ1v) is 7.03. The van der Waals surface area contributed by atoms with Gasteiger partial charge < -0.3 is 20.1 Å². The van der Waals surface area contributed by atoms with Crippen molar-refractivity contribution >= 4 is 11.9 Å². The standard InChI is InChI=1S/C13H22N2O4/c16-12(9-19-10-4-6-14-7-5-10)15-8-2-1-3-11(15)13(17)18/h10-11,14H,1-9H2,(H,17,18)/t11-/m0/s1. The van der Waals surface area contributed by atoms with Crippen LogP contribution in [0.5, 0.6) is 0 Å². The molecule has 6 heteroatoms. The lowest BCUT2D eigenvalue weighted by Crippen LogP contribution is -2.49. The summed E-state index contributed by atoms with van der Waals surface area (Å²) in [6, 6.07) is -0.669. The fourth-order valence-corrected chi connectivity index (χ4v) is 2.72. The van der Waals surface area contributed by atoms with Gasteiger partial charge in [-0.05, 0) is 45.2 Å². The van der Waals surface area contributed by atoms with Gasteiger partial charge in [0.15, 0.2) is 0 Å². The summed E-state index contributed by atoms with van der Waals surface area (Å²) in [7, 11) is 0. The zero-order valence-corrected chi connectivity index (χ0v) is 11.1. The van der Waals surface area contributed by atoms with E-state index in [1.165, 1.54) is 4.90 Å². The smallest absolute Gasteiger partial charge is 0.326 e. The average molecular weight is 270 g/mol. The van der Waals surface area contributed by atoms with Gasteiger partial charge in [0, 0.05) is 6.54 Å². The van der Waals surface area contributed by atoms with Crippen LogP contribution in [0.25, 0.3) is 0 Å². The third kappa shape index (κ3) is 3.91. The van der Waals surface area contributed by atoms with Crippen LogP contribution in [0.2, 0.25) is 0 Å². The molecule has 6 nitrogen and oxygen atoms in total. The fourth-order valence-electron chi connectivity index (χ4n) is 2.72. The van der Waals surface area contributed by atoms with E-state index >= 15 is 0 Å². The van der Waals surface area contributed by atoms with Crippen molar-refractivity contribution in [3.8, 4) is 0 Å². The van der Waals surface area contributed by atoms with Gasteiger partial charge in [0.2, 0.25) is 5.91 Å². The summed E-state index contributed by atoms with van der Waals surface area (Å²) < 4.78 is 5.60. The van der Waals surface area contributed by atoms with Crippen molar-refractivity contribution in [2.75, 3.05) is 26.2 Å². The molecular weight excluding hydrogens is 248 g/mol. The minimum absolute atomic E-state index is 0.00838. The molecule has 1 atom stereocenters. The fraction of sp³-hybridized carbons (Fsp3) is 0.846. The summed E-state index contributed by atoms with van der Waals surface area (Å²) in [5.41, 5.74) is 0. The van der Waals surface area contributed by atoms with Crippen molar-refractivity contribution in [1.29, 1.82) is 0 Å². The van der Waals surface area contributed by atoms with Crippen LogP contribution < -0.4 is 5.32 Å². The Labute approximate surface area is 113 Å². The minimum atomic E-state index is -0.907. The van der Waals surface area contributed by atoms with E-state index in [1.54, 1.807) is 0 Å². The van der Waals surface area contributed by atoms with Crippen molar-refractivity contribution in [2.24, 2.45) is 0 Å². The van der Waals surface area contributed by atoms with E-state index < -0.39 is 12.0 Å². The SMILES string of the molecule is O=C(O)[C@@H]1CCCCN1C(=O)COC1CCNCC1. The lowest BCUT2D eigenvalue weighted by molar-refractivity contribution is -0.155. The second-order valence-electron chi connectivity index (χ2n) is 5.20. The highest BCUT2D eigenvalue weighted by molar-refractivity contribution is 5.84. The van der Waals surface area contributed by atoms with Gasteiger partial charge >= 0.3 is 5.97 Å². The third-order valence-corrected chi connectivity index (χ3v) is 3.84. The van der Waals surface area contributed by atoms with E-state index in [2.05, 4.69) is 5.32 Å². The zero-order valence-electron chi connectivity index (χ0n) is 11.1. The highest BCUT2D eigenvalue weighted by Gasteiger charge is 2.32. The molecule has 0 radical (unpaired) electrons. The monoisotopic (exact) mass is 270 g/mol. The molecule has 0 saturated carbocycles. The molecule has 0 aliphatic carbocycles. The summed E-state index contributed by atoms with van der Waals surface area (Å²) in [4.78, 5) is 24.7. The summed E-state index contributed by atoms with van der Waals surface area (Å²) in [5, 5.41) is 12.4. The topological polar surface area (TPSA) is 78.9 Å². The number of likely N-dealkylation sites (tertiary alicyclic amines) is 1. The Morgan fingerprint density at radius 2 is 1.95 bits per heavy atom. The molecule has 2 aliphatic heterocycles. The molecule has 2 rings (SSSR count). The van der Waals surface area contributed by atoms with Gasteiger partial charge in [0.05, 0.1) is 6.10 Å². The lowest BCUT2D eigenvalue weighted by atomic mass is 10.0. The molecule has 2 saturated heterocycles. The van der Waals surface area contributed by atoms with Crippen LogP contribution >= 0.6 is 0 Å². The van der Waals surface area contributed by atoms with Crippen molar-refractivity contribution < 1.29 is 19.4 Å². The van der Waals surface area contributed by atoms with Gasteiger partial charge in [-0.3, -0.25) is 4.79 Å². The highest BCUT2D eigenvalue weighted by Crippen LogP contribution is 2.18. The molecule has 2 aliphatic rings. The van der Waals surface area contributed by atoms with Crippen molar-refractivity contribution in [3.05, 3.63) is 0 Å². The van der Waals surface area contributed by atoms with E-state index in [-0.39, 0.29) is 18.6 Å². The molecule has 0 aromatic carbocycles. The number of aliphatic carboxylic acids is 1. The first-order valence-electron chi connectivity index (χ1n) is 7.03. The average Bonchev–Trinajstić information content (AvgIpc) is 2.46. The van der Waals surface area contributed by atoms with E-state index in [1.807, 2.05) is 0 Å². The van der Waals surface area contributed by atoms with Crippen LogP contribution in [0.1, 0.15) is 32.1 Å². The van der Waals surface area contributed by atoms with Gasteiger partial charge in [-0.15, -0.1) is 0 Å². The number of rotatable bonds is 4. The molecule has 2 heterocycles. The number of piperidine rings is 2. The predicted molar refractivity (Wildman–Crippen MR) is 68.8 cm³/mol. The number of carboxylic acid groups (broad SMARTS) is 1. The molecule has 108 valence electrons. The van der Waals surface area contributed by atoms with Crippen molar-refractivity contribution in [3.63, 3.8) is 0 Å². The van der Waals surface area contributed by atoms with Crippen LogP contribution in [0, 0.1) is 0 Å². The first-order chi connectivity index (χ1) is 9.18. The molecule has 0 aromatic heterocycles. The number of carbonyl (C=O) groups excluding carboxylic acids is 1. The minimum Gasteiger partial charge on any atom is -0.480 e. The van der Waals surface area contributed by atoms with Crippen LogP contribution in [0.15, 0.2) is 0 Å². The maximum Gasteiger partial charge on any atom is 0.326 e. The van der Waals surface area contributed by atoms with E-state index in [0.29, 0.717) is 13.0 Å². The quantitative estimate of drug-likeness (QED) is 0.764. The Morgan fingerprint density at radius 3 is 2.63 bits per heavy atom. The number of amides is 1. The molecule has 0 aromatic rings. The Morgan fingerprint density at radius 1 is 1.21 bits per heavy atom. The number of ether oxygens (including phenoxy) is 1. The summed E-state index contributed by atoms with van der Waals surface area (Å²) in [6.45, 7) is 2.38. The van der Waals surface area contributed by atoms with Crippen molar-refractivity contribution in [2.45, 2.75) is 44.2 Å². The second kappa shape index (κ2) is 6.86. The first kappa shape index (κ1) is 14.3. The number of carboxylic acids is 1. The Kier molecular flexibility index (Phi) is 5.15. The van der Waals surface area contributed by atoms with Gasteiger partial charge in [-0.1, -0.05) is 0 Å². The molecule has 0 spiro atoms. The largest absolute Gasteiger partial charge is 0.480 e. The van der Waals surface area contributed by atoms with E-state index in [9.17, 15) is 9.59 Å². The van der Waals surface area contributed by atoms with Crippen molar-refractivity contribution in [1.82, 2.24) is 10.2 Å². The summed E-state index contributed by atoms with van der Waals surface area (Å²) in [6.07, 6.45) is 4.25. The summed E-state index contributed by atoms with van der Waals surface area (Å²) >= 11 is 0. The molecule has 0 unspecified atom stereocenters. The molecule has 0 bridgehead atoms. The van der Waals surface area contributed by atoms with Gasteiger partial charge in [-0.25, -0.2) is 4.79 Å². The van der Waals surface area contributed by atoms with E-state index in [0.717, 1.165) is 38.8 Å². The zero-order chi connectivity index (χ0) is 13.7. The lowest BCUT2D eigenvalue weighted by Gasteiger charge is -2.33. The normalized spacial score (nSPS) is 25.3. The Hall–Kier alpha value is -1.14. The second-order valence-corrected chi connectivity index (χ2v) is 5.20. The van der Waals surface area contributed by atoms with Gasteiger partial charge in [-0.2, -0.15) is 0 Å². The number of hydrogen-bond acceptors (Lipinski definition) is 4. The number of nitrogens with zero attached hydrogens (tertiary/aromatic N) is 1. The molecule has 1 amide bonds. The van der Waals surface area contributed by atoms with E-state index in [4.69, 9.17) is 9.84 Å². The van der Waals surface area contributed by atoms with Crippen LogP contribution in [0.3, 0.4) is 0 Å². The van der Waals surface area contributed by atoms with Gasteiger partial charge in [0.1, 0.15) is 12.6 Å². The number of carbonyl (C=O) groups is 2. The Bertz CT molecular complexity index is 329.